The minimum Gasteiger partial charge on any atom is -0.481 e. The second-order valence-electron chi connectivity index (χ2n) is 29.8. The predicted molar refractivity (Wildman–Crippen MR) is 432 cm³/mol. The molecule has 0 aromatic carbocycles. The Hall–Kier alpha value is -5.88. The van der Waals surface area contributed by atoms with Crippen molar-refractivity contribution in [2.75, 3.05) is 119 Å². The summed E-state index contributed by atoms with van der Waals surface area (Å²) in [5.74, 6) is -5.08. The van der Waals surface area contributed by atoms with Crippen molar-refractivity contribution < 1.29 is 116 Å². The largest absolute Gasteiger partial charge is 0.481 e. The summed E-state index contributed by atoms with van der Waals surface area (Å²) < 4.78 is 43.6. The fourth-order valence-electron chi connectivity index (χ4n) is 12.6. The van der Waals surface area contributed by atoms with Crippen LogP contribution in [0.2, 0.25) is 0 Å². The molecule has 0 aromatic rings. The fourth-order valence-corrected chi connectivity index (χ4v) is 12.6. The number of carboxylic acid groups (broad SMARTS) is 4. The van der Waals surface area contributed by atoms with Crippen LogP contribution in [0.4, 0.5) is 0 Å². The zero-order valence-electron chi connectivity index (χ0n) is 69.3. The van der Waals surface area contributed by atoms with Crippen molar-refractivity contribution in [2.24, 2.45) is 0 Å². The molecular formula is C85H152N4O24. The summed E-state index contributed by atoms with van der Waals surface area (Å²) in [6, 6.07) is -2.23. The Kier molecular flexibility index (Phi) is 78.3. The highest BCUT2D eigenvalue weighted by atomic mass is 16.5. The third-order valence-corrected chi connectivity index (χ3v) is 19.3. The molecule has 0 unspecified atom stereocenters. The standard InChI is InChI=1S/C85H152N4O24/c90-72(50-52-76(84(102)103)88-78(94)46-36-30-24-18-12-5-1-3-7-14-20-26-32-38-48-82(98)99)44-40-56-106-60-66-112-70-80(96)86-54-58-108-62-64-110-68-74(92)42-34-28-22-16-10-9-11-17-23-29-35-43-75(93)69-111-65-63-109-59-55-87-81(97)71-113-67-61-107-57-41-45-73(91)51-53-77(85(104)105)89-79(95)47-37-31-25-19-13-6-2-4-8-15-21-27-33-39-49-83(100)101/h76-77H,1-71H2,(H,86,96)(H,87,97)(H,88,94)(H,89,95)(H,98,99)(H,100,101)(H,102,103)(H,104,105)/t76-,77-/m0/s1. The Bertz CT molecular complexity index is 2260. The minimum absolute atomic E-state index is 0.0270. The summed E-state index contributed by atoms with van der Waals surface area (Å²) in [7, 11) is 0. The molecule has 0 saturated carbocycles. The number of Topliss-reactive ketones (excluding diaryl/α,β-unsaturated/α-hetero) is 4. The second kappa shape index (κ2) is 82.6. The number of hydrogen-bond donors (Lipinski definition) is 8. The van der Waals surface area contributed by atoms with Crippen molar-refractivity contribution in [1.82, 2.24) is 21.3 Å². The molecule has 0 aromatic heterocycles. The van der Waals surface area contributed by atoms with Crippen LogP contribution in [0.15, 0.2) is 0 Å². The maximum absolute atomic E-state index is 12.4. The molecule has 0 spiro atoms. The number of nitrogens with one attached hydrogen (secondary N) is 4. The van der Waals surface area contributed by atoms with Crippen LogP contribution in [0, 0.1) is 0 Å². The number of aliphatic carboxylic acids is 4. The van der Waals surface area contributed by atoms with Gasteiger partial charge in [0.2, 0.25) is 23.6 Å². The highest BCUT2D eigenvalue weighted by Gasteiger charge is 2.23. The van der Waals surface area contributed by atoms with Crippen LogP contribution in [-0.2, 0) is 95.4 Å². The molecule has 0 aliphatic carbocycles. The van der Waals surface area contributed by atoms with Gasteiger partial charge in [-0.1, -0.05) is 212 Å². The Morgan fingerprint density at radius 3 is 0.690 bits per heavy atom. The van der Waals surface area contributed by atoms with E-state index in [0.29, 0.717) is 65.0 Å². The number of rotatable bonds is 92. The lowest BCUT2D eigenvalue weighted by Gasteiger charge is -2.14. The molecule has 0 heterocycles. The number of hydrogen-bond acceptors (Lipinski definition) is 20. The van der Waals surface area contributed by atoms with Gasteiger partial charge >= 0.3 is 23.9 Å². The van der Waals surface area contributed by atoms with Gasteiger partial charge < -0.3 is 79.6 Å². The van der Waals surface area contributed by atoms with Gasteiger partial charge in [-0.25, -0.2) is 9.59 Å². The maximum atomic E-state index is 12.4. The third kappa shape index (κ3) is 82.5. The molecule has 4 amide bonds. The summed E-state index contributed by atoms with van der Waals surface area (Å²) in [6.07, 6.45) is 45.2. The van der Waals surface area contributed by atoms with Gasteiger partial charge in [0.1, 0.15) is 50.1 Å². The topological polar surface area (TPSA) is 408 Å². The van der Waals surface area contributed by atoms with Crippen LogP contribution in [-0.4, -0.2) is 222 Å². The summed E-state index contributed by atoms with van der Waals surface area (Å²) >= 11 is 0. The van der Waals surface area contributed by atoms with Crippen LogP contribution in [0.5, 0.6) is 0 Å². The van der Waals surface area contributed by atoms with Crippen molar-refractivity contribution in [3.8, 4) is 0 Å². The van der Waals surface area contributed by atoms with E-state index in [1.54, 1.807) is 0 Å². The lowest BCUT2D eigenvalue weighted by Crippen LogP contribution is -2.41. The van der Waals surface area contributed by atoms with E-state index in [9.17, 15) is 67.7 Å². The second-order valence-corrected chi connectivity index (χ2v) is 29.8. The normalized spacial score (nSPS) is 11.8. The number of carboxylic acids is 4. The number of carbonyl (C=O) groups excluding carboxylic acids is 8. The first-order chi connectivity index (χ1) is 54.9. The number of unbranched alkanes of at least 4 members (excludes halogenated alkanes) is 36. The molecule has 0 bridgehead atoms. The zero-order chi connectivity index (χ0) is 82.8. The molecule has 0 aliphatic heterocycles. The fraction of sp³-hybridized carbons (Fsp3) is 0.859. The van der Waals surface area contributed by atoms with Gasteiger partial charge in [0.25, 0.3) is 0 Å². The van der Waals surface area contributed by atoms with Gasteiger partial charge in [-0.3, -0.25) is 47.9 Å². The monoisotopic (exact) mass is 1610 g/mol. The van der Waals surface area contributed by atoms with Gasteiger partial charge in [-0.2, -0.15) is 0 Å². The van der Waals surface area contributed by atoms with Crippen molar-refractivity contribution >= 4 is 70.6 Å². The van der Waals surface area contributed by atoms with E-state index in [0.717, 1.165) is 128 Å². The van der Waals surface area contributed by atoms with E-state index in [1.807, 2.05) is 0 Å². The Balaban J connectivity index is 3.57. The predicted octanol–water partition coefficient (Wildman–Crippen LogP) is 13.6. The van der Waals surface area contributed by atoms with E-state index in [4.69, 9.17) is 48.1 Å². The first-order valence-electron chi connectivity index (χ1n) is 43.6. The van der Waals surface area contributed by atoms with Crippen molar-refractivity contribution in [3.05, 3.63) is 0 Å². The lowest BCUT2D eigenvalue weighted by atomic mass is 10.0. The molecule has 28 heteroatoms. The maximum Gasteiger partial charge on any atom is 0.326 e. The first-order valence-corrected chi connectivity index (χ1v) is 43.6. The molecule has 0 saturated heterocycles. The molecule has 656 valence electrons. The average Bonchev–Trinajstić information content (AvgIpc) is 1.17. The third-order valence-electron chi connectivity index (χ3n) is 19.3. The molecule has 0 aliphatic rings. The highest BCUT2D eigenvalue weighted by Crippen LogP contribution is 2.18. The quantitative estimate of drug-likeness (QED) is 0.0262. The molecule has 0 fully saturated rings. The molecule has 113 heavy (non-hydrogen) atoms. The molecular weight excluding hydrogens is 1460 g/mol. The summed E-state index contributed by atoms with van der Waals surface area (Å²) in [4.78, 5) is 143. The van der Waals surface area contributed by atoms with E-state index >= 15 is 0 Å². The Morgan fingerprint density at radius 1 is 0.204 bits per heavy atom. The number of carbonyl (C=O) groups is 12. The van der Waals surface area contributed by atoms with Crippen LogP contribution in [0.3, 0.4) is 0 Å². The average molecular weight is 1610 g/mol. The van der Waals surface area contributed by atoms with Crippen LogP contribution in [0.1, 0.15) is 340 Å². The number of ether oxygens (including phenoxy) is 8. The van der Waals surface area contributed by atoms with Gasteiger partial charge in [0, 0.05) is 90.5 Å². The van der Waals surface area contributed by atoms with E-state index in [-0.39, 0.29) is 203 Å². The SMILES string of the molecule is O=C(O)CCCCCCCCCCCCCCCCC(=O)N[C@@H](CCC(=O)CCCOCCOCC(=O)NCCOCCOCC(=O)CCCCCCCCCCCCCC(=O)COCCOCCNC(=O)COCCOCCCC(=O)CC[C@H](NC(=O)CCCCCCCCCCCCCCCCC(=O)O)C(=O)O)C(=O)O. The summed E-state index contributed by atoms with van der Waals surface area (Å²) in [5, 5.41) is 47.1. The highest BCUT2D eigenvalue weighted by molar-refractivity contribution is 5.86. The number of ketones is 4. The van der Waals surface area contributed by atoms with E-state index < -0.39 is 36.0 Å². The Labute approximate surface area is 676 Å². The summed E-state index contributed by atoms with van der Waals surface area (Å²) in [5.41, 5.74) is 0. The van der Waals surface area contributed by atoms with Crippen LogP contribution < -0.4 is 21.3 Å². The molecule has 2 atom stereocenters. The first kappa shape index (κ1) is 107. The molecule has 0 radical (unpaired) electrons. The minimum atomic E-state index is -1.16. The molecule has 0 rings (SSSR count). The van der Waals surface area contributed by atoms with Crippen LogP contribution in [0.25, 0.3) is 0 Å². The van der Waals surface area contributed by atoms with Crippen LogP contribution >= 0.6 is 0 Å². The van der Waals surface area contributed by atoms with E-state index in [1.165, 1.54) is 109 Å². The lowest BCUT2D eigenvalue weighted by molar-refractivity contribution is -0.142. The van der Waals surface area contributed by atoms with Gasteiger partial charge in [-0.05, 0) is 64.2 Å². The summed E-state index contributed by atoms with van der Waals surface area (Å²) in [6.45, 7) is 3.53. The van der Waals surface area contributed by atoms with Gasteiger partial charge in [0.05, 0.1) is 66.1 Å². The van der Waals surface area contributed by atoms with Crippen molar-refractivity contribution in [1.29, 1.82) is 0 Å². The van der Waals surface area contributed by atoms with Crippen molar-refractivity contribution in [3.63, 3.8) is 0 Å². The molecule has 8 N–H and O–H groups in total. The number of amides is 4. The molecule has 28 nitrogen and oxygen atoms in total. The van der Waals surface area contributed by atoms with Crippen molar-refractivity contribution in [2.45, 2.75) is 352 Å². The van der Waals surface area contributed by atoms with Gasteiger partial charge in [-0.15, -0.1) is 0 Å². The smallest absolute Gasteiger partial charge is 0.326 e. The Morgan fingerprint density at radius 2 is 0.425 bits per heavy atom. The van der Waals surface area contributed by atoms with E-state index in [2.05, 4.69) is 21.3 Å². The zero-order valence-corrected chi connectivity index (χ0v) is 69.3. The van der Waals surface area contributed by atoms with Gasteiger partial charge in [0.15, 0.2) is 11.6 Å².